The summed E-state index contributed by atoms with van der Waals surface area (Å²) in [5.74, 6) is 2.68. The van der Waals surface area contributed by atoms with E-state index in [1.165, 1.54) is 23.1 Å². The number of aryl methyl sites for hydroxylation is 4. The number of aromatic nitrogens is 2. The fraction of sp³-hybridized carbons (Fsp3) is 0.421. The Morgan fingerprint density at radius 3 is 2.78 bits per heavy atom. The Balaban J connectivity index is 1.60. The van der Waals surface area contributed by atoms with Gasteiger partial charge in [0.1, 0.15) is 22.2 Å². The van der Waals surface area contributed by atoms with Crippen LogP contribution in [0.2, 0.25) is 0 Å². The quantitative estimate of drug-likeness (QED) is 0.652. The van der Waals surface area contributed by atoms with Gasteiger partial charge in [0.05, 0.1) is 16.4 Å². The van der Waals surface area contributed by atoms with Gasteiger partial charge in [-0.25, -0.2) is 4.98 Å². The van der Waals surface area contributed by atoms with E-state index in [0.29, 0.717) is 23.5 Å². The van der Waals surface area contributed by atoms with Crippen molar-refractivity contribution < 1.29 is 9.21 Å². The minimum absolute atomic E-state index is 0.0514. The molecule has 0 saturated carbocycles. The van der Waals surface area contributed by atoms with Crippen molar-refractivity contribution in [3.63, 3.8) is 0 Å². The molecule has 0 aliphatic rings. The number of thioether (sulfide) groups is 1. The Morgan fingerprint density at radius 2 is 2.11 bits per heavy atom. The standard InChI is InChI=1S/C19H23N3O3S2/c1-9-6-14(11(3)25-9)7-20-17(23)13(5)26-8-15-21-18(24)16-10(2)12(4)27-19(16)22-15/h6,13H,7-8H2,1-5H3,(H,20,23)(H,21,22,24). The highest BCUT2D eigenvalue weighted by Crippen LogP contribution is 2.26. The zero-order chi connectivity index (χ0) is 19.7. The van der Waals surface area contributed by atoms with Crippen molar-refractivity contribution >= 4 is 39.2 Å². The van der Waals surface area contributed by atoms with E-state index in [4.69, 9.17) is 4.42 Å². The third kappa shape index (κ3) is 4.27. The van der Waals surface area contributed by atoms with Gasteiger partial charge in [-0.2, -0.15) is 0 Å². The predicted molar refractivity (Wildman–Crippen MR) is 111 cm³/mol. The van der Waals surface area contributed by atoms with Crippen molar-refractivity contribution in [1.82, 2.24) is 15.3 Å². The van der Waals surface area contributed by atoms with Gasteiger partial charge >= 0.3 is 0 Å². The number of hydrogen-bond donors (Lipinski definition) is 2. The Labute approximate surface area is 165 Å². The lowest BCUT2D eigenvalue weighted by Gasteiger charge is -2.11. The van der Waals surface area contributed by atoms with E-state index in [2.05, 4.69) is 15.3 Å². The van der Waals surface area contributed by atoms with Crippen LogP contribution in [-0.4, -0.2) is 21.1 Å². The van der Waals surface area contributed by atoms with Crippen molar-refractivity contribution in [3.05, 3.63) is 49.8 Å². The number of amides is 1. The first-order valence-corrected chi connectivity index (χ1v) is 10.6. The maximum Gasteiger partial charge on any atom is 0.259 e. The molecule has 3 heterocycles. The van der Waals surface area contributed by atoms with Gasteiger partial charge in [-0.05, 0) is 46.2 Å². The first-order valence-electron chi connectivity index (χ1n) is 8.70. The van der Waals surface area contributed by atoms with Gasteiger partial charge in [0, 0.05) is 17.0 Å². The number of H-pyrrole nitrogens is 1. The summed E-state index contributed by atoms with van der Waals surface area (Å²) in [4.78, 5) is 33.9. The molecule has 0 saturated heterocycles. The molecule has 144 valence electrons. The number of carbonyl (C=O) groups excluding carboxylic acids is 1. The normalized spacial score (nSPS) is 12.5. The summed E-state index contributed by atoms with van der Waals surface area (Å²) in [6.07, 6.45) is 0. The molecule has 6 nitrogen and oxygen atoms in total. The smallest absolute Gasteiger partial charge is 0.259 e. The second kappa shape index (κ2) is 7.90. The van der Waals surface area contributed by atoms with E-state index in [9.17, 15) is 9.59 Å². The van der Waals surface area contributed by atoms with E-state index >= 15 is 0 Å². The lowest BCUT2D eigenvalue weighted by atomic mass is 10.2. The van der Waals surface area contributed by atoms with E-state index in [-0.39, 0.29) is 16.7 Å². The number of hydrogen-bond acceptors (Lipinski definition) is 6. The maximum absolute atomic E-state index is 12.3. The summed E-state index contributed by atoms with van der Waals surface area (Å²) in [5, 5.41) is 3.34. The Morgan fingerprint density at radius 1 is 1.37 bits per heavy atom. The van der Waals surface area contributed by atoms with Gasteiger partial charge in [-0.1, -0.05) is 0 Å². The Kier molecular flexibility index (Phi) is 5.76. The molecule has 3 aromatic rings. The number of nitrogens with one attached hydrogen (secondary N) is 2. The number of aromatic amines is 1. The van der Waals surface area contributed by atoms with E-state index in [1.54, 1.807) is 0 Å². The summed E-state index contributed by atoms with van der Waals surface area (Å²) in [5.41, 5.74) is 1.86. The topological polar surface area (TPSA) is 88.0 Å². The fourth-order valence-corrected chi connectivity index (χ4v) is 4.66. The van der Waals surface area contributed by atoms with Gasteiger partial charge in [0.2, 0.25) is 5.91 Å². The average molecular weight is 406 g/mol. The van der Waals surface area contributed by atoms with Gasteiger partial charge < -0.3 is 14.7 Å². The third-order valence-electron chi connectivity index (χ3n) is 4.52. The molecule has 0 aliphatic heterocycles. The van der Waals surface area contributed by atoms with Crippen molar-refractivity contribution in [2.45, 2.75) is 52.2 Å². The van der Waals surface area contributed by atoms with Crippen molar-refractivity contribution in [1.29, 1.82) is 0 Å². The third-order valence-corrected chi connectivity index (χ3v) is 6.78. The van der Waals surface area contributed by atoms with E-state index in [0.717, 1.165) is 32.4 Å². The van der Waals surface area contributed by atoms with Crippen LogP contribution in [0.15, 0.2) is 15.3 Å². The second-order valence-electron chi connectivity index (χ2n) is 6.59. The van der Waals surface area contributed by atoms with Crippen molar-refractivity contribution in [3.8, 4) is 0 Å². The number of rotatable bonds is 6. The van der Waals surface area contributed by atoms with Crippen LogP contribution < -0.4 is 10.9 Å². The lowest BCUT2D eigenvalue weighted by molar-refractivity contribution is -0.120. The molecule has 0 fully saturated rings. The molecule has 1 amide bonds. The fourth-order valence-electron chi connectivity index (χ4n) is 2.83. The van der Waals surface area contributed by atoms with Gasteiger partial charge in [0.25, 0.3) is 5.56 Å². The Bertz CT molecular complexity index is 1050. The largest absolute Gasteiger partial charge is 0.466 e. The van der Waals surface area contributed by atoms with Crippen LogP contribution in [0.4, 0.5) is 0 Å². The monoisotopic (exact) mass is 405 g/mol. The number of thiophene rings is 1. The van der Waals surface area contributed by atoms with E-state index in [1.807, 2.05) is 40.7 Å². The molecule has 3 aromatic heterocycles. The van der Waals surface area contributed by atoms with Gasteiger partial charge in [-0.15, -0.1) is 23.1 Å². The van der Waals surface area contributed by atoms with Gasteiger partial charge in [-0.3, -0.25) is 9.59 Å². The molecule has 2 N–H and O–H groups in total. The highest BCUT2D eigenvalue weighted by molar-refractivity contribution is 7.99. The lowest BCUT2D eigenvalue weighted by Crippen LogP contribution is -2.30. The minimum atomic E-state index is -0.258. The van der Waals surface area contributed by atoms with E-state index < -0.39 is 0 Å². The van der Waals surface area contributed by atoms with Crippen LogP contribution in [0, 0.1) is 27.7 Å². The predicted octanol–water partition coefficient (Wildman–Crippen LogP) is 3.75. The molecular formula is C19H23N3O3S2. The number of fused-ring (bicyclic) bond motifs is 1. The number of furan rings is 1. The van der Waals surface area contributed by atoms with Crippen LogP contribution >= 0.6 is 23.1 Å². The minimum Gasteiger partial charge on any atom is -0.466 e. The average Bonchev–Trinajstić information content (AvgIpc) is 3.08. The van der Waals surface area contributed by atoms with Crippen molar-refractivity contribution in [2.75, 3.05) is 0 Å². The molecule has 0 radical (unpaired) electrons. The second-order valence-corrected chi connectivity index (χ2v) is 9.12. The SMILES string of the molecule is Cc1cc(CNC(=O)C(C)SCc2nc3sc(C)c(C)c3c(=O)[nH]2)c(C)o1. The molecule has 0 bridgehead atoms. The summed E-state index contributed by atoms with van der Waals surface area (Å²) in [6.45, 7) is 10.0. The zero-order valence-electron chi connectivity index (χ0n) is 16.1. The summed E-state index contributed by atoms with van der Waals surface area (Å²) in [7, 11) is 0. The first kappa shape index (κ1) is 19.7. The number of carbonyl (C=O) groups is 1. The van der Waals surface area contributed by atoms with Crippen LogP contribution in [-0.2, 0) is 17.1 Å². The number of nitrogens with zero attached hydrogens (tertiary/aromatic N) is 1. The summed E-state index contributed by atoms with van der Waals surface area (Å²) >= 11 is 2.98. The molecule has 0 aliphatic carbocycles. The van der Waals surface area contributed by atoms with Crippen molar-refractivity contribution in [2.24, 2.45) is 0 Å². The molecule has 0 spiro atoms. The Hall–Kier alpha value is -2.06. The molecule has 1 atom stereocenters. The van der Waals surface area contributed by atoms with Crippen LogP contribution in [0.25, 0.3) is 10.2 Å². The van der Waals surface area contributed by atoms with Crippen LogP contribution in [0.1, 0.15) is 40.3 Å². The van der Waals surface area contributed by atoms with Gasteiger partial charge in [0.15, 0.2) is 0 Å². The molecule has 27 heavy (non-hydrogen) atoms. The highest BCUT2D eigenvalue weighted by atomic mass is 32.2. The zero-order valence-corrected chi connectivity index (χ0v) is 17.7. The molecule has 8 heteroatoms. The molecular weight excluding hydrogens is 382 g/mol. The van der Waals surface area contributed by atoms with Crippen LogP contribution in [0.3, 0.4) is 0 Å². The summed E-state index contributed by atoms with van der Waals surface area (Å²) < 4.78 is 5.47. The first-order chi connectivity index (χ1) is 12.8. The van der Waals surface area contributed by atoms with Crippen LogP contribution in [0.5, 0.6) is 0 Å². The molecule has 0 aromatic carbocycles. The maximum atomic E-state index is 12.3. The molecule has 3 rings (SSSR count). The highest BCUT2D eigenvalue weighted by Gasteiger charge is 2.16. The molecule has 1 unspecified atom stereocenters. The summed E-state index contributed by atoms with van der Waals surface area (Å²) in [6, 6.07) is 1.93.